The molecule has 0 spiro atoms. The number of imidazole rings is 1. The smallest absolute Gasteiger partial charge is 0.304 e. The molecule has 0 amide bonds. The van der Waals surface area contributed by atoms with Crippen LogP contribution in [0.4, 0.5) is 0 Å². The van der Waals surface area contributed by atoms with Gasteiger partial charge in [-0.2, -0.15) is 0 Å². The Kier molecular flexibility index (Phi) is 3.68. The van der Waals surface area contributed by atoms with E-state index in [9.17, 15) is 4.79 Å². The topological polar surface area (TPSA) is 66.0 Å². The van der Waals surface area contributed by atoms with Crippen molar-refractivity contribution in [3.63, 3.8) is 0 Å². The Labute approximate surface area is 83.4 Å². The maximum absolute atomic E-state index is 10.5. The Morgan fingerprint density at radius 3 is 3.00 bits per heavy atom. The SMILES string of the molecule is CCCc1cnc(C(C)CC(=O)O)[nH]1. The maximum Gasteiger partial charge on any atom is 0.304 e. The van der Waals surface area contributed by atoms with Crippen molar-refractivity contribution in [2.24, 2.45) is 0 Å². The Hall–Kier alpha value is -1.32. The monoisotopic (exact) mass is 196 g/mol. The first-order chi connectivity index (χ1) is 6.63. The van der Waals surface area contributed by atoms with Gasteiger partial charge in [-0.05, 0) is 6.42 Å². The van der Waals surface area contributed by atoms with Gasteiger partial charge in [0.05, 0.1) is 6.42 Å². The second-order valence-electron chi connectivity index (χ2n) is 3.54. The van der Waals surface area contributed by atoms with Crippen molar-refractivity contribution in [3.05, 3.63) is 17.7 Å². The van der Waals surface area contributed by atoms with Crippen LogP contribution in [0.2, 0.25) is 0 Å². The van der Waals surface area contributed by atoms with Crippen molar-refractivity contribution < 1.29 is 9.90 Å². The molecule has 0 aliphatic heterocycles. The lowest BCUT2D eigenvalue weighted by atomic mass is 10.1. The predicted octanol–water partition coefficient (Wildman–Crippen LogP) is 1.94. The van der Waals surface area contributed by atoms with Gasteiger partial charge in [0.2, 0.25) is 0 Å². The second-order valence-corrected chi connectivity index (χ2v) is 3.54. The summed E-state index contributed by atoms with van der Waals surface area (Å²) in [5, 5.41) is 8.61. The minimum Gasteiger partial charge on any atom is -0.481 e. The highest BCUT2D eigenvalue weighted by Crippen LogP contribution is 2.15. The van der Waals surface area contributed by atoms with E-state index in [-0.39, 0.29) is 12.3 Å². The first-order valence-corrected chi connectivity index (χ1v) is 4.89. The number of rotatable bonds is 5. The summed E-state index contributed by atoms with van der Waals surface area (Å²) in [5.41, 5.74) is 1.08. The molecule has 1 aromatic heterocycles. The summed E-state index contributed by atoms with van der Waals surface area (Å²) in [6.45, 7) is 3.96. The van der Waals surface area contributed by atoms with E-state index in [4.69, 9.17) is 5.11 Å². The standard InChI is InChI=1S/C10H16N2O2/c1-3-4-8-6-11-10(12-8)7(2)5-9(13)14/h6-7H,3-5H2,1-2H3,(H,11,12)(H,13,14). The molecule has 1 unspecified atom stereocenters. The van der Waals surface area contributed by atoms with E-state index >= 15 is 0 Å². The summed E-state index contributed by atoms with van der Waals surface area (Å²) >= 11 is 0. The van der Waals surface area contributed by atoms with Crippen molar-refractivity contribution in [2.45, 2.75) is 39.0 Å². The number of nitrogens with zero attached hydrogens (tertiary/aromatic N) is 1. The molecule has 4 heteroatoms. The van der Waals surface area contributed by atoms with Crippen molar-refractivity contribution in [2.75, 3.05) is 0 Å². The number of H-pyrrole nitrogens is 1. The summed E-state index contributed by atoms with van der Waals surface area (Å²) < 4.78 is 0. The molecule has 0 aromatic carbocycles. The molecular weight excluding hydrogens is 180 g/mol. The van der Waals surface area contributed by atoms with Gasteiger partial charge in [0.25, 0.3) is 0 Å². The normalized spacial score (nSPS) is 12.7. The molecule has 1 rings (SSSR count). The van der Waals surface area contributed by atoms with E-state index in [0.717, 1.165) is 24.4 Å². The number of carbonyl (C=O) groups is 1. The first-order valence-electron chi connectivity index (χ1n) is 4.89. The molecule has 0 radical (unpaired) electrons. The Bertz CT molecular complexity index is 307. The van der Waals surface area contributed by atoms with Crippen LogP contribution in [-0.4, -0.2) is 21.0 Å². The van der Waals surface area contributed by atoms with Crippen molar-refractivity contribution in [1.82, 2.24) is 9.97 Å². The summed E-state index contributed by atoms with van der Waals surface area (Å²) in [5.74, 6) is -0.0557. The molecular formula is C10H16N2O2. The van der Waals surface area contributed by atoms with E-state index in [1.54, 1.807) is 6.20 Å². The molecule has 0 bridgehead atoms. The fraction of sp³-hybridized carbons (Fsp3) is 0.600. The number of nitrogens with one attached hydrogen (secondary N) is 1. The van der Waals surface area contributed by atoms with Gasteiger partial charge in [-0.1, -0.05) is 20.3 Å². The fourth-order valence-electron chi connectivity index (χ4n) is 1.38. The average molecular weight is 196 g/mol. The van der Waals surface area contributed by atoms with Crippen molar-refractivity contribution in [3.8, 4) is 0 Å². The molecule has 0 fully saturated rings. The quantitative estimate of drug-likeness (QED) is 0.756. The maximum atomic E-state index is 10.5. The number of aromatic amines is 1. The van der Waals surface area contributed by atoms with Crippen LogP contribution >= 0.6 is 0 Å². The zero-order valence-corrected chi connectivity index (χ0v) is 8.58. The lowest BCUT2D eigenvalue weighted by Gasteiger charge is -2.03. The van der Waals surface area contributed by atoms with Crippen molar-refractivity contribution in [1.29, 1.82) is 0 Å². The Morgan fingerprint density at radius 2 is 2.43 bits per heavy atom. The Morgan fingerprint density at radius 1 is 1.71 bits per heavy atom. The van der Waals surface area contributed by atoms with Crippen LogP contribution in [0.5, 0.6) is 0 Å². The number of carboxylic acids is 1. The molecule has 1 atom stereocenters. The third kappa shape index (κ3) is 2.87. The molecule has 4 nitrogen and oxygen atoms in total. The molecule has 0 aliphatic rings. The zero-order valence-electron chi connectivity index (χ0n) is 8.58. The van der Waals surface area contributed by atoms with E-state index in [1.165, 1.54) is 0 Å². The fourth-order valence-corrected chi connectivity index (χ4v) is 1.38. The molecule has 1 heterocycles. The largest absolute Gasteiger partial charge is 0.481 e. The van der Waals surface area contributed by atoms with Gasteiger partial charge in [0, 0.05) is 17.8 Å². The third-order valence-electron chi connectivity index (χ3n) is 2.12. The first kappa shape index (κ1) is 10.8. The van der Waals surface area contributed by atoms with E-state index in [1.807, 2.05) is 6.92 Å². The summed E-state index contributed by atoms with van der Waals surface area (Å²) in [7, 11) is 0. The summed E-state index contributed by atoms with van der Waals surface area (Å²) in [6, 6.07) is 0. The van der Waals surface area contributed by atoms with Crippen LogP contribution in [0.15, 0.2) is 6.20 Å². The van der Waals surface area contributed by atoms with Gasteiger partial charge in [-0.3, -0.25) is 4.79 Å². The molecule has 14 heavy (non-hydrogen) atoms. The Balaban J connectivity index is 2.61. The molecule has 0 saturated heterocycles. The van der Waals surface area contributed by atoms with Crippen LogP contribution in [0.25, 0.3) is 0 Å². The number of hydrogen-bond donors (Lipinski definition) is 2. The number of aliphatic carboxylic acids is 1. The average Bonchev–Trinajstić information content (AvgIpc) is 2.52. The van der Waals surface area contributed by atoms with Gasteiger partial charge in [0.1, 0.15) is 5.82 Å². The van der Waals surface area contributed by atoms with Crippen molar-refractivity contribution >= 4 is 5.97 Å². The highest BCUT2D eigenvalue weighted by molar-refractivity contribution is 5.67. The molecule has 0 aliphatic carbocycles. The molecule has 2 N–H and O–H groups in total. The lowest BCUT2D eigenvalue weighted by molar-refractivity contribution is -0.137. The number of aryl methyl sites for hydroxylation is 1. The van der Waals surface area contributed by atoms with Gasteiger partial charge >= 0.3 is 5.97 Å². The van der Waals surface area contributed by atoms with Crippen LogP contribution < -0.4 is 0 Å². The summed E-state index contributed by atoms with van der Waals surface area (Å²) in [6.07, 6.45) is 3.94. The van der Waals surface area contributed by atoms with Gasteiger partial charge in [0.15, 0.2) is 0 Å². The van der Waals surface area contributed by atoms with Crippen LogP contribution in [-0.2, 0) is 11.2 Å². The van der Waals surface area contributed by atoms with E-state index in [2.05, 4.69) is 16.9 Å². The van der Waals surface area contributed by atoms with Crippen LogP contribution in [0, 0.1) is 0 Å². The van der Waals surface area contributed by atoms with Gasteiger partial charge in [-0.15, -0.1) is 0 Å². The minimum atomic E-state index is -0.786. The number of carboxylic acid groups (broad SMARTS) is 1. The highest BCUT2D eigenvalue weighted by Gasteiger charge is 2.12. The predicted molar refractivity (Wildman–Crippen MR) is 53.3 cm³/mol. The summed E-state index contributed by atoms with van der Waals surface area (Å²) in [4.78, 5) is 17.8. The van der Waals surface area contributed by atoms with E-state index < -0.39 is 5.97 Å². The van der Waals surface area contributed by atoms with Crippen LogP contribution in [0.3, 0.4) is 0 Å². The highest BCUT2D eigenvalue weighted by atomic mass is 16.4. The minimum absolute atomic E-state index is 0.0434. The lowest BCUT2D eigenvalue weighted by Crippen LogP contribution is -2.04. The van der Waals surface area contributed by atoms with Gasteiger partial charge in [-0.25, -0.2) is 4.98 Å². The zero-order chi connectivity index (χ0) is 10.6. The van der Waals surface area contributed by atoms with E-state index in [0.29, 0.717) is 0 Å². The van der Waals surface area contributed by atoms with Gasteiger partial charge < -0.3 is 10.1 Å². The third-order valence-corrected chi connectivity index (χ3v) is 2.12. The molecule has 0 saturated carbocycles. The van der Waals surface area contributed by atoms with Crippen LogP contribution in [0.1, 0.15) is 44.1 Å². The number of hydrogen-bond acceptors (Lipinski definition) is 2. The molecule has 78 valence electrons. The number of aromatic nitrogens is 2. The molecule has 1 aromatic rings. The second kappa shape index (κ2) is 4.79.